The number of rotatable bonds is 11. The van der Waals surface area contributed by atoms with Crippen molar-refractivity contribution in [3.8, 4) is 0 Å². The standard InChI is InChI=1S/C15H23N3O8/c19-11(20)5-3-9(17-13(23)8-2-1-7-16-8)14(24)18-10(15(25)26)4-6-12(21)22/h8-10,16H,1-7H2,(H,17,23)(H,18,24)(H,19,20)(H,21,22)(H,25,26). The van der Waals surface area contributed by atoms with Crippen LogP contribution in [-0.4, -0.2) is 69.7 Å². The van der Waals surface area contributed by atoms with Crippen molar-refractivity contribution in [2.75, 3.05) is 6.54 Å². The largest absolute Gasteiger partial charge is 0.481 e. The van der Waals surface area contributed by atoms with E-state index >= 15 is 0 Å². The molecule has 0 spiro atoms. The van der Waals surface area contributed by atoms with E-state index in [9.17, 15) is 24.0 Å². The van der Waals surface area contributed by atoms with Crippen molar-refractivity contribution >= 4 is 29.7 Å². The second-order valence-electron chi connectivity index (χ2n) is 5.97. The van der Waals surface area contributed by atoms with Crippen LogP contribution in [0.2, 0.25) is 0 Å². The second kappa shape index (κ2) is 10.3. The van der Waals surface area contributed by atoms with Gasteiger partial charge in [0.15, 0.2) is 0 Å². The van der Waals surface area contributed by atoms with Gasteiger partial charge in [0, 0.05) is 12.8 Å². The van der Waals surface area contributed by atoms with Crippen LogP contribution in [0, 0.1) is 0 Å². The summed E-state index contributed by atoms with van der Waals surface area (Å²) in [5, 5.41) is 34.1. The molecule has 0 bridgehead atoms. The van der Waals surface area contributed by atoms with Crippen LogP contribution < -0.4 is 16.0 Å². The summed E-state index contributed by atoms with van der Waals surface area (Å²) in [6, 6.07) is -3.17. The smallest absolute Gasteiger partial charge is 0.326 e. The fourth-order valence-electron chi connectivity index (χ4n) is 2.51. The summed E-state index contributed by atoms with van der Waals surface area (Å²) in [6.45, 7) is 0.653. The fraction of sp³-hybridized carbons (Fsp3) is 0.667. The van der Waals surface area contributed by atoms with Crippen molar-refractivity contribution in [3.05, 3.63) is 0 Å². The van der Waals surface area contributed by atoms with Gasteiger partial charge in [0.1, 0.15) is 12.1 Å². The Bertz CT molecular complexity index is 559. The first-order valence-corrected chi connectivity index (χ1v) is 8.21. The lowest BCUT2D eigenvalue weighted by Crippen LogP contribution is -2.54. The number of hydrogen-bond acceptors (Lipinski definition) is 6. The summed E-state index contributed by atoms with van der Waals surface area (Å²) in [6.07, 6.45) is -0.0420. The first-order valence-electron chi connectivity index (χ1n) is 8.21. The van der Waals surface area contributed by atoms with Gasteiger partial charge >= 0.3 is 17.9 Å². The van der Waals surface area contributed by atoms with Gasteiger partial charge in [-0.05, 0) is 32.2 Å². The van der Waals surface area contributed by atoms with E-state index in [1.807, 2.05) is 0 Å². The SMILES string of the molecule is O=C(O)CCC(NC(=O)C(CCC(=O)O)NC(=O)C1CCCN1)C(=O)O. The topological polar surface area (TPSA) is 182 Å². The van der Waals surface area contributed by atoms with Gasteiger partial charge in [0.2, 0.25) is 11.8 Å². The van der Waals surface area contributed by atoms with Crippen molar-refractivity contribution < 1.29 is 39.3 Å². The number of carbonyl (C=O) groups excluding carboxylic acids is 2. The molecule has 0 aromatic carbocycles. The quantitative estimate of drug-likeness (QED) is 0.251. The summed E-state index contributed by atoms with van der Waals surface area (Å²) in [5.41, 5.74) is 0. The molecule has 6 N–H and O–H groups in total. The molecule has 11 nitrogen and oxygen atoms in total. The third-order valence-corrected chi connectivity index (χ3v) is 3.92. The van der Waals surface area contributed by atoms with Crippen LogP contribution in [0.15, 0.2) is 0 Å². The zero-order valence-corrected chi connectivity index (χ0v) is 14.1. The number of hydrogen-bond donors (Lipinski definition) is 6. The van der Waals surface area contributed by atoms with E-state index in [2.05, 4.69) is 16.0 Å². The lowest BCUT2D eigenvalue weighted by Gasteiger charge is -2.22. The molecule has 1 saturated heterocycles. The van der Waals surface area contributed by atoms with Gasteiger partial charge < -0.3 is 31.3 Å². The number of nitrogens with one attached hydrogen (secondary N) is 3. The molecule has 11 heteroatoms. The van der Waals surface area contributed by atoms with Crippen molar-refractivity contribution in [2.45, 2.75) is 56.7 Å². The van der Waals surface area contributed by atoms with E-state index in [-0.39, 0.29) is 12.8 Å². The Morgan fingerprint density at radius 1 is 0.923 bits per heavy atom. The molecule has 1 rings (SSSR count). The molecule has 0 aliphatic carbocycles. The normalized spacial score (nSPS) is 18.5. The summed E-state index contributed by atoms with van der Waals surface area (Å²) in [7, 11) is 0. The average Bonchev–Trinajstić information content (AvgIpc) is 3.08. The minimum Gasteiger partial charge on any atom is -0.481 e. The highest BCUT2D eigenvalue weighted by atomic mass is 16.4. The molecule has 1 heterocycles. The van der Waals surface area contributed by atoms with Crippen LogP contribution >= 0.6 is 0 Å². The maximum atomic E-state index is 12.3. The zero-order chi connectivity index (χ0) is 19.7. The van der Waals surface area contributed by atoms with Gasteiger partial charge in [-0.25, -0.2) is 4.79 Å². The monoisotopic (exact) mass is 373 g/mol. The molecule has 0 aromatic heterocycles. The van der Waals surface area contributed by atoms with E-state index in [0.717, 1.165) is 6.42 Å². The van der Waals surface area contributed by atoms with Crippen LogP contribution in [0.4, 0.5) is 0 Å². The molecule has 0 saturated carbocycles. The molecule has 146 valence electrons. The molecule has 0 aromatic rings. The average molecular weight is 373 g/mol. The Morgan fingerprint density at radius 3 is 1.96 bits per heavy atom. The predicted molar refractivity (Wildman–Crippen MR) is 86.3 cm³/mol. The maximum absolute atomic E-state index is 12.3. The molecule has 0 radical (unpaired) electrons. The van der Waals surface area contributed by atoms with Gasteiger partial charge in [-0.3, -0.25) is 19.2 Å². The van der Waals surface area contributed by atoms with Crippen molar-refractivity contribution in [2.24, 2.45) is 0 Å². The molecular weight excluding hydrogens is 350 g/mol. The van der Waals surface area contributed by atoms with E-state index in [1.54, 1.807) is 0 Å². The molecular formula is C15H23N3O8. The van der Waals surface area contributed by atoms with Crippen molar-refractivity contribution in [1.29, 1.82) is 0 Å². The summed E-state index contributed by atoms with van der Waals surface area (Å²) in [4.78, 5) is 57.0. The van der Waals surface area contributed by atoms with Crippen LogP contribution in [0.3, 0.4) is 0 Å². The predicted octanol–water partition coefficient (Wildman–Crippen LogP) is -1.48. The summed E-state index contributed by atoms with van der Waals surface area (Å²) in [5.74, 6) is -5.13. The van der Waals surface area contributed by atoms with Crippen LogP contribution in [0.25, 0.3) is 0 Å². The minimum absolute atomic E-state index is 0.217. The second-order valence-corrected chi connectivity index (χ2v) is 5.97. The third kappa shape index (κ3) is 7.47. The first kappa shape index (κ1) is 21.4. The van der Waals surface area contributed by atoms with Crippen LogP contribution in [0.1, 0.15) is 38.5 Å². The van der Waals surface area contributed by atoms with Gasteiger partial charge in [-0.2, -0.15) is 0 Å². The first-order chi connectivity index (χ1) is 12.2. The van der Waals surface area contributed by atoms with Gasteiger partial charge in [0.25, 0.3) is 0 Å². The molecule has 3 unspecified atom stereocenters. The summed E-state index contributed by atoms with van der Waals surface area (Å²) < 4.78 is 0. The fourth-order valence-corrected chi connectivity index (χ4v) is 2.51. The molecule has 2 amide bonds. The Labute approximate surface area is 149 Å². The lowest BCUT2D eigenvalue weighted by molar-refractivity contribution is -0.144. The Hall–Kier alpha value is -2.69. The van der Waals surface area contributed by atoms with Gasteiger partial charge in [0.05, 0.1) is 6.04 Å². The number of carboxylic acids is 3. The van der Waals surface area contributed by atoms with Gasteiger partial charge in [-0.1, -0.05) is 0 Å². The molecule has 26 heavy (non-hydrogen) atoms. The van der Waals surface area contributed by atoms with Crippen LogP contribution in [-0.2, 0) is 24.0 Å². The molecule has 1 aliphatic rings. The number of amides is 2. The molecule has 1 fully saturated rings. The summed E-state index contributed by atoms with van der Waals surface area (Å²) >= 11 is 0. The Kier molecular flexibility index (Phi) is 8.49. The van der Waals surface area contributed by atoms with E-state index < -0.39 is 60.7 Å². The number of aliphatic carboxylic acids is 3. The lowest BCUT2D eigenvalue weighted by atomic mass is 10.1. The molecule has 1 aliphatic heterocycles. The van der Waals surface area contributed by atoms with Gasteiger partial charge in [-0.15, -0.1) is 0 Å². The number of carbonyl (C=O) groups is 5. The number of carboxylic acid groups (broad SMARTS) is 3. The van der Waals surface area contributed by atoms with E-state index in [1.165, 1.54) is 0 Å². The highest BCUT2D eigenvalue weighted by Crippen LogP contribution is 2.07. The van der Waals surface area contributed by atoms with E-state index in [0.29, 0.717) is 13.0 Å². The highest BCUT2D eigenvalue weighted by Gasteiger charge is 2.30. The third-order valence-electron chi connectivity index (χ3n) is 3.92. The van der Waals surface area contributed by atoms with Crippen molar-refractivity contribution in [1.82, 2.24) is 16.0 Å². The van der Waals surface area contributed by atoms with E-state index in [4.69, 9.17) is 15.3 Å². The molecule has 3 atom stereocenters. The zero-order valence-electron chi connectivity index (χ0n) is 14.1. The Morgan fingerprint density at radius 2 is 1.50 bits per heavy atom. The highest BCUT2D eigenvalue weighted by molar-refractivity contribution is 5.92. The Balaban J connectivity index is 2.73. The van der Waals surface area contributed by atoms with Crippen LogP contribution in [0.5, 0.6) is 0 Å². The van der Waals surface area contributed by atoms with Crippen molar-refractivity contribution in [3.63, 3.8) is 0 Å². The maximum Gasteiger partial charge on any atom is 0.326 e. The minimum atomic E-state index is -1.45.